The number of rotatable bonds is 6. The van der Waals surface area contributed by atoms with Crippen molar-refractivity contribution in [3.05, 3.63) is 70.8 Å². The molecule has 2 aromatic carbocycles. The maximum absolute atomic E-state index is 10.7. The molecular weight excluding hydrogens is 292 g/mol. The molecule has 0 saturated carbocycles. The van der Waals surface area contributed by atoms with Crippen LogP contribution in [0, 0.1) is 0 Å². The summed E-state index contributed by atoms with van der Waals surface area (Å²) >= 11 is 7.56. The highest BCUT2D eigenvalue weighted by molar-refractivity contribution is 7.97. The van der Waals surface area contributed by atoms with Gasteiger partial charge in [-0.2, -0.15) is 11.8 Å². The number of halogens is 1. The highest BCUT2D eigenvalue weighted by Crippen LogP contribution is 2.19. The van der Waals surface area contributed by atoms with Crippen molar-refractivity contribution in [3.63, 3.8) is 0 Å². The summed E-state index contributed by atoms with van der Waals surface area (Å²) in [5, 5.41) is 8.83. The van der Waals surface area contributed by atoms with Crippen LogP contribution in [0.25, 0.3) is 0 Å². The zero-order chi connectivity index (χ0) is 14.4. The molecule has 2 nitrogen and oxygen atoms in total. The van der Waals surface area contributed by atoms with Gasteiger partial charge in [0.15, 0.2) is 0 Å². The number of thioether (sulfide) groups is 1. The van der Waals surface area contributed by atoms with E-state index in [4.69, 9.17) is 16.7 Å². The number of benzene rings is 2. The van der Waals surface area contributed by atoms with Crippen LogP contribution in [0.1, 0.15) is 27.0 Å². The van der Waals surface area contributed by atoms with Gasteiger partial charge in [0.2, 0.25) is 0 Å². The lowest BCUT2D eigenvalue weighted by atomic mass is 10.1. The van der Waals surface area contributed by atoms with Gasteiger partial charge in [0, 0.05) is 17.4 Å². The third-order valence-corrected chi connectivity index (χ3v) is 4.30. The zero-order valence-corrected chi connectivity index (χ0v) is 12.5. The van der Waals surface area contributed by atoms with E-state index in [2.05, 4.69) is 12.1 Å². The van der Waals surface area contributed by atoms with E-state index in [1.54, 1.807) is 23.9 Å². The molecule has 4 heteroatoms. The second kappa shape index (κ2) is 7.36. The first-order chi connectivity index (χ1) is 9.69. The van der Waals surface area contributed by atoms with Crippen molar-refractivity contribution in [2.45, 2.75) is 17.4 Å². The summed E-state index contributed by atoms with van der Waals surface area (Å²) in [4.78, 5) is 10.7. The molecule has 1 N–H and O–H groups in total. The van der Waals surface area contributed by atoms with Gasteiger partial charge in [-0.3, -0.25) is 0 Å². The Labute approximate surface area is 127 Å². The van der Waals surface area contributed by atoms with Crippen molar-refractivity contribution in [1.29, 1.82) is 0 Å². The predicted molar refractivity (Wildman–Crippen MR) is 84.4 cm³/mol. The van der Waals surface area contributed by atoms with Gasteiger partial charge in [-0.15, -0.1) is 11.6 Å². The molecule has 0 unspecified atom stereocenters. The lowest BCUT2D eigenvalue weighted by Gasteiger charge is -2.04. The van der Waals surface area contributed by atoms with E-state index in [9.17, 15) is 4.79 Å². The Balaban J connectivity index is 1.84. The summed E-state index contributed by atoms with van der Waals surface area (Å²) in [6.07, 6.45) is 0. The van der Waals surface area contributed by atoms with E-state index in [1.807, 2.05) is 24.3 Å². The maximum atomic E-state index is 10.7. The summed E-state index contributed by atoms with van der Waals surface area (Å²) < 4.78 is 0. The van der Waals surface area contributed by atoms with E-state index < -0.39 is 5.97 Å². The first kappa shape index (κ1) is 14.9. The predicted octanol–water partition coefficient (Wildman–Crippen LogP) is 4.56. The molecule has 0 bridgehead atoms. The van der Waals surface area contributed by atoms with Gasteiger partial charge < -0.3 is 5.11 Å². The van der Waals surface area contributed by atoms with Crippen molar-refractivity contribution < 1.29 is 9.90 Å². The van der Waals surface area contributed by atoms with Crippen LogP contribution in [0.3, 0.4) is 0 Å². The number of carboxylic acids is 1. The zero-order valence-electron chi connectivity index (χ0n) is 10.9. The monoisotopic (exact) mass is 306 g/mol. The van der Waals surface area contributed by atoms with Gasteiger partial charge >= 0.3 is 5.97 Å². The molecule has 0 aliphatic heterocycles. The number of aromatic carboxylic acids is 1. The minimum absolute atomic E-state index is 0.329. The number of carbonyl (C=O) groups is 1. The van der Waals surface area contributed by atoms with Gasteiger partial charge in [0.1, 0.15) is 0 Å². The quantitative estimate of drug-likeness (QED) is 0.795. The Morgan fingerprint density at radius 2 is 1.35 bits per heavy atom. The van der Waals surface area contributed by atoms with Gasteiger partial charge in [-0.1, -0.05) is 36.4 Å². The molecule has 0 radical (unpaired) electrons. The fraction of sp³-hybridized carbons (Fsp3) is 0.188. The van der Waals surface area contributed by atoms with Crippen LogP contribution in [-0.2, 0) is 17.4 Å². The van der Waals surface area contributed by atoms with Gasteiger partial charge in [-0.05, 0) is 28.8 Å². The second-order valence-electron chi connectivity index (χ2n) is 4.45. The highest BCUT2D eigenvalue weighted by atomic mass is 35.5. The molecule has 104 valence electrons. The molecule has 0 atom stereocenters. The topological polar surface area (TPSA) is 37.3 Å². The molecule has 0 aliphatic rings. The molecule has 0 saturated heterocycles. The third-order valence-electron chi connectivity index (χ3n) is 2.92. The molecule has 0 aliphatic carbocycles. The number of hydrogen-bond donors (Lipinski definition) is 1. The average molecular weight is 307 g/mol. The molecule has 0 heterocycles. The molecule has 2 aromatic rings. The molecule has 0 fully saturated rings. The smallest absolute Gasteiger partial charge is 0.335 e. The minimum atomic E-state index is -0.886. The fourth-order valence-electron chi connectivity index (χ4n) is 1.75. The normalized spacial score (nSPS) is 10.4. The van der Waals surface area contributed by atoms with E-state index >= 15 is 0 Å². The van der Waals surface area contributed by atoms with Crippen molar-refractivity contribution in [2.75, 3.05) is 0 Å². The first-order valence-corrected chi connectivity index (χ1v) is 7.91. The highest BCUT2D eigenvalue weighted by Gasteiger charge is 2.02. The van der Waals surface area contributed by atoms with Crippen LogP contribution in [0.15, 0.2) is 48.5 Å². The molecule has 20 heavy (non-hydrogen) atoms. The van der Waals surface area contributed by atoms with Crippen LogP contribution >= 0.6 is 23.4 Å². The lowest BCUT2D eigenvalue weighted by Crippen LogP contribution is -1.95. The summed E-state index contributed by atoms with van der Waals surface area (Å²) in [6.45, 7) is 0. The van der Waals surface area contributed by atoms with E-state index in [0.29, 0.717) is 11.4 Å². The van der Waals surface area contributed by atoms with Gasteiger partial charge in [0.05, 0.1) is 5.56 Å². The van der Waals surface area contributed by atoms with Crippen LogP contribution in [0.4, 0.5) is 0 Å². The molecule has 0 spiro atoms. The standard InChI is InChI=1S/C16H15ClO2S/c17-9-12-1-3-13(4-2-12)10-20-11-14-5-7-15(8-6-14)16(18)19/h1-8H,9-11H2,(H,18,19). The van der Waals surface area contributed by atoms with E-state index in [0.717, 1.165) is 22.6 Å². The van der Waals surface area contributed by atoms with Gasteiger partial charge in [0.25, 0.3) is 0 Å². The summed E-state index contributed by atoms with van der Waals surface area (Å²) in [5.41, 5.74) is 3.86. The Bertz CT molecular complexity index is 564. The fourth-order valence-corrected chi connectivity index (χ4v) is 2.89. The van der Waals surface area contributed by atoms with Crippen LogP contribution in [0.2, 0.25) is 0 Å². The maximum Gasteiger partial charge on any atom is 0.335 e. The Morgan fingerprint density at radius 3 is 1.80 bits per heavy atom. The second-order valence-corrected chi connectivity index (χ2v) is 5.70. The van der Waals surface area contributed by atoms with Crippen molar-refractivity contribution >= 4 is 29.3 Å². The summed E-state index contributed by atoms with van der Waals surface area (Å²) in [6, 6.07) is 15.3. The lowest BCUT2D eigenvalue weighted by molar-refractivity contribution is 0.0697. The molecule has 0 amide bonds. The SMILES string of the molecule is O=C(O)c1ccc(CSCc2ccc(CCl)cc2)cc1. The van der Waals surface area contributed by atoms with Crippen molar-refractivity contribution in [1.82, 2.24) is 0 Å². The van der Waals surface area contributed by atoms with E-state index in [1.165, 1.54) is 5.56 Å². The largest absolute Gasteiger partial charge is 0.478 e. The Morgan fingerprint density at radius 1 is 0.900 bits per heavy atom. The third kappa shape index (κ3) is 4.29. The number of alkyl halides is 1. The Hall–Kier alpha value is -1.45. The van der Waals surface area contributed by atoms with Crippen LogP contribution in [0.5, 0.6) is 0 Å². The molecular formula is C16H15ClO2S. The minimum Gasteiger partial charge on any atom is -0.478 e. The average Bonchev–Trinajstić information content (AvgIpc) is 2.48. The first-order valence-electron chi connectivity index (χ1n) is 6.23. The molecule has 0 aromatic heterocycles. The summed E-state index contributed by atoms with van der Waals surface area (Å²) in [5.74, 6) is 1.47. The van der Waals surface area contributed by atoms with Crippen molar-refractivity contribution in [2.24, 2.45) is 0 Å². The number of carboxylic acid groups (broad SMARTS) is 1. The number of hydrogen-bond acceptors (Lipinski definition) is 2. The Kier molecular flexibility index (Phi) is 5.50. The molecule has 2 rings (SSSR count). The van der Waals surface area contributed by atoms with Gasteiger partial charge in [-0.25, -0.2) is 4.79 Å². The summed E-state index contributed by atoms with van der Waals surface area (Å²) in [7, 11) is 0. The van der Waals surface area contributed by atoms with Crippen LogP contribution < -0.4 is 0 Å². The van der Waals surface area contributed by atoms with Crippen LogP contribution in [-0.4, -0.2) is 11.1 Å². The van der Waals surface area contributed by atoms with E-state index in [-0.39, 0.29) is 0 Å². The van der Waals surface area contributed by atoms with Crippen molar-refractivity contribution in [3.8, 4) is 0 Å².